The van der Waals surface area contributed by atoms with Gasteiger partial charge in [0.2, 0.25) is 5.91 Å². The molecule has 1 heterocycles. The number of rotatable bonds is 2. The predicted molar refractivity (Wildman–Crippen MR) is 42.8 cm³/mol. The Morgan fingerprint density at radius 3 is 2.64 bits per heavy atom. The summed E-state index contributed by atoms with van der Waals surface area (Å²) in [7, 11) is 0. The average Bonchev–Trinajstić information content (AvgIpc) is 2.10. The molecule has 0 bridgehead atoms. The first-order valence-corrected chi connectivity index (χ1v) is 3.86. The van der Waals surface area contributed by atoms with E-state index in [1.54, 1.807) is 0 Å². The molecule has 1 fully saturated rings. The van der Waals surface area contributed by atoms with Gasteiger partial charge < -0.3 is 11.5 Å². The SMILES string of the molecule is CC1CN(CC(N)=O)CC1N. The molecule has 1 amide bonds. The average molecular weight is 157 g/mol. The van der Waals surface area contributed by atoms with Gasteiger partial charge in [-0.05, 0) is 5.92 Å². The number of nitrogens with zero attached hydrogens (tertiary/aromatic N) is 1. The van der Waals surface area contributed by atoms with Gasteiger partial charge in [-0.3, -0.25) is 9.69 Å². The van der Waals surface area contributed by atoms with Gasteiger partial charge in [0.25, 0.3) is 0 Å². The third kappa shape index (κ3) is 2.17. The van der Waals surface area contributed by atoms with E-state index < -0.39 is 0 Å². The maximum atomic E-state index is 10.5. The van der Waals surface area contributed by atoms with Crippen molar-refractivity contribution in [3.63, 3.8) is 0 Å². The minimum absolute atomic E-state index is 0.203. The molecule has 1 rings (SSSR count). The molecule has 0 saturated carbocycles. The lowest BCUT2D eigenvalue weighted by Crippen LogP contribution is -2.34. The summed E-state index contributed by atoms with van der Waals surface area (Å²) in [5.74, 6) is 0.209. The van der Waals surface area contributed by atoms with Gasteiger partial charge in [-0.25, -0.2) is 0 Å². The summed E-state index contributed by atoms with van der Waals surface area (Å²) in [6, 6.07) is 0.203. The van der Waals surface area contributed by atoms with Crippen molar-refractivity contribution >= 4 is 5.91 Å². The number of likely N-dealkylation sites (tertiary alicyclic amines) is 1. The third-order valence-corrected chi connectivity index (χ3v) is 2.13. The number of amides is 1. The molecule has 2 atom stereocenters. The van der Waals surface area contributed by atoms with Crippen LogP contribution in [-0.2, 0) is 4.79 Å². The summed E-state index contributed by atoms with van der Waals surface area (Å²) in [5, 5.41) is 0. The summed E-state index contributed by atoms with van der Waals surface area (Å²) in [6.07, 6.45) is 0. The Bertz CT molecular complexity index is 150. The Hall–Kier alpha value is -0.610. The summed E-state index contributed by atoms with van der Waals surface area (Å²) in [6.45, 7) is 4.12. The van der Waals surface area contributed by atoms with Crippen LogP contribution >= 0.6 is 0 Å². The number of hydrogen-bond donors (Lipinski definition) is 2. The maximum absolute atomic E-state index is 10.5. The van der Waals surface area contributed by atoms with E-state index in [4.69, 9.17) is 11.5 Å². The number of primary amides is 1. The number of carbonyl (C=O) groups is 1. The molecule has 2 unspecified atom stereocenters. The molecule has 0 spiro atoms. The molecule has 0 aromatic rings. The minimum atomic E-state index is -0.272. The Balaban J connectivity index is 2.35. The highest BCUT2D eigenvalue weighted by Crippen LogP contribution is 2.12. The van der Waals surface area contributed by atoms with Gasteiger partial charge in [-0.1, -0.05) is 6.92 Å². The molecular formula is C7H15N3O. The van der Waals surface area contributed by atoms with Crippen LogP contribution in [0.2, 0.25) is 0 Å². The standard InChI is InChI=1S/C7H15N3O/c1-5-2-10(3-6(5)8)4-7(9)11/h5-6H,2-4,8H2,1H3,(H2,9,11). The lowest BCUT2D eigenvalue weighted by molar-refractivity contribution is -0.118. The topological polar surface area (TPSA) is 72.3 Å². The molecule has 64 valence electrons. The molecule has 0 aromatic carbocycles. The Morgan fingerprint density at radius 1 is 1.64 bits per heavy atom. The van der Waals surface area contributed by atoms with Crippen molar-refractivity contribution in [1.29, 1.82) is 0 Å². The quantitative estimate of drug-likeness (QED) is 0.526. The van der Waals surface area contributed by atoms with Gasteiger partial charge in [0.05, 0.1) is 6.54 Å². The van der Waals surface area contributed by atoms with Crippen molar-refractivity contribution < 1.29 is 4.79 Å². The van der Waals surface area contributed by atoms with Crippen LogP contribution in [0.3, 0.4) is 0 Å². The molecule has 11 heavy (non-hydrogen) atoms. The lowest BCUT2D eigenvalue weighted by atomic mass is 10.1. The van der Waals surface area contributed by atoms with E-state index in [1.807, 2.05) is 4.90 Å². The first-order chi connectivity index (χ1) is 5.09. The van der Waals surface area contributed by atoms with E-state index >= 15 is 0 Å². The van der Waals surface area contributed by atoms with Crippen LogP contribution in [0, 0.1) is 5.92 Å². The van der Waals surface area contributed by atoms with E-state index in [-0.39, 0.29) is 11.9 Å². The van der Waals surface area contributed by atoms with Crippen molar-refractivity contribution in [3.8, 4) is 0 Å². The Labute approximate surface area is 66.5 Å². The highest BCUT2D eigenvalue weighted by Gasteiger charge is 2.26. The monoisotopic (exact) mass is 157 g/mol. The Morgan fingerprint density at radius 2 is 2.27 bits per heavy atom. The van der Waals surface area contributed by atoms with Crippen molar-refractivity contribution in [2.75, 3.05) is 19.6 Å². The van der Waals surface area contributed by atoms with Gasteiger partial charge in [0, 0.05) is 19.1 Å². The highest BCUT2D eigenvalue weighted by molar-refractivity contribution is 5.75. The van der Waals surface area contributed by atoms with E-state index in [0.29, 0.717) is 12.5 Å². The van der Waals surface area contributed by atoms with Crippen LogP contribution in [0.25, 0.3) is 0 Å². The molecule has 1 saturated heterocycles. The van der Waals surface area contributed by atoms with Crippen molar-refractivity contribution in [2.45, 2.75) is 13.0 Å². The van der Waals surface area contributed by atoms with Crippen LogP contribution < -0.4 is 11.5 Å². The molecule has 1 aliphatic heterocycles. The molecule has 0 aromatic heterocycles. The van der Waals surface area contributed by atoms with Crippen molar-refractivity contribution in [1.82, 2.24) is 4.90 Å². The van der Waals surface area contributed by atoms with Gasteiger partial charge in [0.15, 0.2) is 0 Å². The first-order valence-electron chi connectivity index (χ1n) is 3.86. The fourth-order valence-corrected chi connectivity index (χ4v) is 1.44. The summed E-state index contributed by atoms with van der Waals surface area (Å²) >= 11 is 0. The summed E-state index contributed by atoms with van der Waals surface area (Å²) < 4.78 is 0. The van der Waals surface area contributed by atoms with Crippen LogP contribution in [0.4, 0.5) is 0 Å². The molecule has 0 radical (unpaired) electrons. The van der Waals surface area contributed by atoms with Crippen molar-refractivity contribution in [3.05, 3.63) is 0 Å². The highest BCUT2D eigenvalue weighted by atomic mass is 16.1. The second kappa shape index (κ2) is 3.19. The fourth-order valence-electron chi connectivity index (χ4n) is 1.44. The zero-order chi connectivity index (χ0) is 8.43. The molecule has 4 heteroatoms. The van der Waals surface area contributed by atoms with Gasteiger partial charge in [-0.15, -0.1) is 0 Å². The van der Waals surface area contributed by atoms with Gasteiger partial charge in [-0.2, -0.15) is 0 Å². The zero-order valence-corrected chi connectivity index (χ0v) is 6.79. The summed E-state index contributed by atoms with van der Waals surface area (Å²) in [4.78, 5) is 12.5. The molecule has 4 N–H and O–H groups in total. The lowest BCUT2D eigenvalue weighted by Gasteiger charge is -2.11. The van der Waals surface area contributed by atoms with Crippen molar-refractivity contribution in [2.24, 2.45) is 17.4 Å². The van der Waals surface area contributed by atoms with Gasteiger partial charge >= 0.3 is 0 Å². The number of carbonyl (C=O) groups excluding carboxylic acids is 1. The third-order valence-electron chi connectivity index (χ3n) is 2.13. The minimum Gasteiger partial charge on any atom is -0.369 e. The van der Waals surface area contributed by atoms with E-state index in [0.717, 1.165) is 13.1 Å². The maximum Gasteiger partial charge on any atom is 0.231 e. The molecule has 1 aliphatic rings. The van der Waals surface area contributed by atoms with E-state index in [9.17, 15) is 4.79 Å². The largest absolute Gasteiger partial charge is 0.369 e. The molecule has 0 aliphatic carbocycles. The second-order valence-corrected chi connectivity index (χ2v) is 3.30. The van der Waals surface area contributed by atoms with Gasteiger partial charge in [0.1, 0.15) is 0 Å². The normalized spacial score (nSPS) is 32.5. The fraction of sp³-hybridized carbons (Fsp3) is 0.857. The smallest absolute Gasteiger partial charge is 0.231 e. The van der Waals surface area contributed by atoms with E-state index in [2.05, 4.69) is 6.92 Å². The van der Waals surface area contributed by atoms with Crippen LogP contribution in [0.15, 0.2) is 0 Å². The summed E-state index contributed by atoms with van der Waals surface area (Å²) in [5.41, 5.74) is 10.8. The van der Waals surface area contributed by atoms with Crippen LogP contribution in [0.5, 0.6) is 0 Å². The Kier molecular flexibility index (Phi) is 2.46. The first kappa shape index (κ1) is 8.49. The van der Waals surface area contributed by atoms with Crippen LogP contribution in [0.1, 0.15) is 6.92 Å². The second-order valence-electron chi connectivity index (χ2n) is 3.30. The molecule has 4 nitrogen and oxygen atoms in total. The number of nitrogens with two attached hydrogens (primary N) is 2. The predicted octanol–water partition coefficient (Wildman–Crippen LogP) is -1.25. The number of hydrogen-bond acceptors (Lipinski definition) is 3. The molecular weight excluding hydrogens is 142 g/mol. The van der Waals surface area contributed by atoms with Crippen LogP contribution in [-0.4, -0.2) is 36.5 Å². The zero-order valence-electron chi connectivity index (χ0n) is 6.79. The van der Waals surface area contributed by atoms with E-state index in [1.165, 1.54) is 0 Å².